The van der Waals surface area contributed by atoms with Crippen molar-refractivity contribution in [2.24, 2.45) is 0 Å². The number of benzene rings is 1. The molecule has 0 spiro atoms. The van der Waals surface area contributed by atoms with Crippen LogP contribution in [0, 0.1) is 0 Å². The van der Waals surface area contributed by atoms with E-state index in [1.165, 1.54) is 10.5 Å². The molecule has 0 aliphatic heterocycles. The van der Waals surface area contributed by atoms with Crippen LogP contribution in [0.2, 0.25) is 0 Å². The van der Waals surface area contributed by atoms with E-state index in [9.17, 15) is 0 Å². The second-order valence-corrected chi connectivity index (χ2v) is 5.85. The number of nitrogens with zero attached hydrogens (tertiary/aromatic N) is 1. The van der Waals surface area contributed by atoms with E-state index in [1.54, 1.807) is 18.0 Å². The summed E-state index contributed by atoms with van der Waals surface area (Å²) < 4.78 is 5.51. The minimum atomic E-state index is 0.260. The summed E-state index contributed by atoms with van der Waals surface area (Å²) >= 11 is 1.77. The zero-order valence-electron chi connectivity index (χ0n) is 12.3. The fourth-order valence-electron chi connectivity index (χ4n) is 2.12. The van der Waals surface area contributed by atoms with E-state index in [4.69, 9.17) is 4.42 Å². The van der Waals surface area contributed by atoms with Crippen LogP contribution in [-0.2, 0) is 6.54 Å². The smallest absolute Gasteiger partial charge is 0.122 e. The summed E-state index contributed by atoms with van der Waals surface area (Å²) in [6.45, 7) is 1.74. The SMILES string of the molecule is CSc1ccc(CNCC(c2ccco2)N(C)C)cc1. The largest absolute Gasteiger partial charge is 0.468 e. The number of furan rings is 1. The quantitative estimate of drug-likeness (QED) is 0.791. The van der Waals surface area contributed by atoms with Gasteiger partial charge in [0.2, 0.25) is 0 Å². The molecule has 0 radical (unpaired) electrons. The Balaban J connectivity index is 1.87. The Kier molecular flexibility index (Phi) is 5.71. The number of thioether (sulfide) groups is 1. The van der Waals surface area contributed by atoms with E-state index >= 15 is 0 Å². The number of likely N-dealkylation sites (N-methyl/N-ethyl adjacent to an activating group) is 1. The monoisotopic (exact) mass is 290 g/mol. The lowest BCUT2D eigenvalue weighted by atomic mass is 10.2. The molecule has 108 valence electrons. The summed E-state index contributed by atoms with van der Waals surface area (Å²) in [7, 11) is 4.14. The van der Waals surface area contributed by atoms with Gasteiger partial charge < -0.3 is 9.73 Å². The topological polar surface area (TPSA) is 28.4 Å². The summed E-state index contributed by atoms with van der Waals surface area (Å²) in [6, 6.07) is 12.9. The van der Waals surface area contributed by atoms with Gasteiger partial charge in [0.05, 0.1) is 12.3 Å². The molecular weight excluding hydrogens is 268 g/mol. The third-order valence-corrected chi connectivity index (χ3v) is 4.06. The van der Waals surface area contributed by atoms with E-state index in [0.717, 1.165) is 18.8 Å². The standard InChI is InChI=1S/C16H22N2OS/c1-18(2)15(16-5-4-10-19-16)12-17-11-13-6-8-14(20-3)9-7-13/h4-10,15,17H,11-12H2,1-3H3. The third-order valence-electron chi connectivity index (χ3n) is 3.32. The zero-order chi connectivity index (χ0) is 14.4. The Morgan fingerprint density at radius 3 is 2.50 bits per heavy atom. The van der Waals surface area contributed by atoms with Crippen LogP contribution in [0.25, 0.3) is 0 Å². The van der Waals surface area contributed by atoms with Gasteiger partial charge in [-0.05, 0) is 50.2 Å². The second kappa shape index (κ2) is 7.53. The molecule has 2 rings (SSSR count). The van der Waals surface area contributed by atoms with Crippen molar-refractivity contribution in [3.63, 3.8) is 0 Å². The lowest BCUT2D eigenvalue weighted by molar-refractivity contribution is 0.250. The van der Waals surface area contributed by atoms with Crippen molar-refractivity contribution in [2.75, 3.05) is 26.9 Å². The van der Waals surface area contributed by atoms with Crippen LogP contribution in [0.1, 0.15) is 17.4 Å². The Morgan fingerprint density at radius 2 is 1.95 bits per heavy atom. The maximum atomic E-state index is 5.51. The second-order valence-electron chi connectivity index (χ2n) is 4.97. The van der Waals surface area contributed by atoms with E-state index < -0.39 is 0 Å². The molecular formula is C16H22N2OS. The molecule has 20 heavy (non-hydrogen) atoms. The highest BCUT2D eigenvalue weighted by Crippen LogP contribution is 2.18. The summed E-state index contributed by atoms with van der Waals surface area (Å²) in [6.07, 6.45) is 3.82. The summed E-state index contributed by atoms with van der Waals surface area (Å²) in [5, 5.41) is 3.50. The Labute approximate surface area is 125 Å². The van der Waals surface area contributed by atoms with Crippen LogP contribution in [0.4, 0.5) is 0 Å². The Bertz CT molecular complexity index is 494. The summed E-state index contributed by atoms with van der Waals surface area (Å²) in [5.74, 6) is 1.00. The molecule has 0 bridgehead atoms. The number of hydrogen-bond donors (Lipinski definition) is 1. The molecule has 0 saturated carbocycles. The molecule has 0 amide bonds. The molecule has 2 aromatic rings. The van der Waals surface area contributed by atoms with Gasteiger partial charge in [-0.15, -0.1) is 11.8 Å². The van der Waals surface area contributed by atoms with E-state index in [1.807, 2.05) is 12.1 Å². The molecule has 1 aromatic carbocycles. The highest BCUT2D eigenvalue weighted by molar-refractivity contribution is 7.98. The third kappa shape index (κ3) is 4.13. The molecule has 0 aliphatic carbocycles. The van der Waals surface area contributed by atoms with Gasteiger partial charge in [0.1, 0.15) is 5.76 Å². The highest BCUT2D eigenvalue weighted by atomic mass is 32.2. The Morgan fingerprint density at radius 1 is 1.20 bits per heavy atom. The number of hydrogen-bond acceptors (Lipinski definition) is 4. The minimum Gasteiger partial charge on any atom is -0.468 e. The molecule has 1 aromatic heterocycles. The molecule has 0 aliphatic rings. The van der Waals surface area contributed by atoms with Crippen molar-refractivity contribution in [3.05, 3.63) is 54.0 Å². The average molecular weight is 290 g/mol. The molecule has 0 saturated heterocycles. The normalized spacial score (nSPS) is 12.8. The van der Waals surface area contributed by atoms with Gasteiger partial charge in [0.15, 0.2) is 0 Å². The minimum absolute atomic E-state index is 0.260. The highest BCUT2D eigenvalue weighted by Gasteiger charge is 2.15. The first-order chi connectivity index (χ1) is 9.70. The first-order valence-electron chi connectivity index (χ1n) is 6.74. The van der Waals surface area contributed by atoms with Crippen molar-refractivity contribution in [1.82, 2.24) is 10.2 Å². The van der Waals surface area contributed by atoms with Crippen molar-refractivity contribution in [2.45, 2.75) is 17.5 Å². The van der Waals surface area contributed by atoms with Crippen LogP contribution < -0.4 is 5.32 Å². The van der Waals surface area contributed by atoms with Gasteiger partial charge >= 0.3 is 0 Å². The number of nitrogens with one attached hydrogen (secondary N) is 1. The van der Waals surface area contributed by atoms with Gasteiger partial charge in [0.25, 0.3) is 0 Å². The van der Waals surface area contributed by atoms with Crippen molar-refractivity contribution >= 4 is 11.8 Å². The van der Waals surface area contributed by atoms with E-state index in [0.29, 0.717) is 0 Å². The fraction of sp³-hybridized carbons (Fsp3) is 0.375. The molecule has 3 nitrogen and oxygen atoms in total. The predicted octanol–water partition coefficient (Wildman–Crippen LogP) is 3.39. The van der Waals surface area contributed by atoms with E-state index in [2.05, 4.69) is 54.8 Å². The van der Waals surface area contributed by atoms with Crippen molar-refractivity contribution in [3.8, 4) is 0 Å². The van der Waals surface area contributed by atoms with Gasteiger partial charge in [0, 0.05) is 18.0 Å². The van der Waals surface area contributed by atoms with Crippen LogP contribution in [-0.4, -0.2) is 31.8 Å². The first-order valence-corrected chi connectivity index (χ1v) is 7.96. The van der Waals surface area contributed by atoms with Gasteiger partial charge in [-0.3, -0.25) is 4.90 Å². The predicted molar refractivity (Wildman–Crippen MR) is 85.1 cm³/mol. The lowest BCUT2D eigenvalue weighted by Crippen LogP contribution is -2.30. The summed E-state index contributed by atoms with van der Waals surface area (Å²) in [5.41, 5.74) is 1.31. The van der Waals surface area contributed by atoms with Crippen molar-refractivity contribution < 1.29 is 4.42 Å². The van der Waals surface area contributed by atoms with Crippen molar-refractivity contribution in [1.29, 1.82) is 0 Å². The maximum absolute atomic E-state index is 5.51. The molecule has 4 heteroatoms. The zero-order valence-corrected chi connectivity index (χ0v) is 13.1. The first kappa shape index (κ1) is 15.2. The van der Waals surface area contributed by atoms with Gasteiger partial charge in [-0.2, -0.15) is 0 Å². The molecule has 1 atom stereocenters. The van der Waals surface area contributed by atoms with Crippen LogP contribution in [0.3, 0.4) is 0 Å². The van der Waals surface area contributed by atoms with Crippen LogP contribution in [0.15, 0.2) is 52.0 Å². The molecule has 0 fully saturated rings. The summed E-state index contributed by atoms with van der Waals surface area (Å²) in [4.78, 5) is 3.47. The Hall–Kier alpha value is -1.23. The lowest BCUT2D eigenvalue weighted by Gasteiger charge is -2.22. The van der Waals surface area contributed by atoms with Crippen LogP contribution in [0.5, 0.6) is 0 Å². The van der Waals surface area contributed by atoms with Gasteiger partial charge in [-0.25, -0.2) is 0 Å². The molecule has 1 N–H and O–H groups in total. The number of rotatable bonds is 7. The molecule has 1 heterocycles. The molecule has 1 unspecified atom stereocenters. The van der Waals surface area contributed by atoms with Crippen LogP contribution >= 0.6 is 11.8 Å². The maximum Gasteiger partial charge on any atom is 0.122 e. The average Bonchev–Trinajstić information content (AvgIpc) is 2.97. The van der Waals surface area contributed by atoms with Gasteiger partial charge in [-0.1, -0.05) is 12.1 Å². The fourth-order valence-corrected chi connectivity index (χ4v) is 2.52. The van der Waals surface area contributed by atoms with E-state index in [-0.39, 0.29) is 6.04 Å².